The van der Waals surface area contributed by atoms with Gasteiger partial charge in [0.05, 0.1) is 11.3 Å². The lowest BCUT2D eigenvalue weighted by Gasteiger charge is -1.91. The van der Waals surface area contributed by atoms with E-state index in [9.17, 15) is 4.79 Å². The summed E-state index contributed by atoms with van der Waals surface area (Å²) in [5.74, 6) is -0.557. The number of aromatic nitrogens is 3. The molecular weight excluding hydrogens is 266 g/mol. The fourth-order valence-electron chi connectivity index (χ4n) is 1.76. The molecule has 0 fully saturated rings. The van der Waals surface area contributed by atoms with Gasteiger partial charge in [-0.05, 0) is 36.2 Å². The quantitative estimate of drug-likeness (QED) is 0.790. The number of carbonyl (C=O) groups is 1. The number of fused-ring (bicyclic) bond motifs is 1. The zero-order chi connectivity index (χ0) is 13.4. The molecule has 0 aliphatic heterocycles. The summed E-state index contributed by atoms with van der Waals surface area (Å²) >= 11 is 1.22. The lowest BCUT2D eigenvalue weighted by atomic mass is 10.2. The molecule has 7 heteroatoms. The normalized spacial score (nSPS) is 11.0. The highest BCUT2D eigenvalue weighted by molar-refractivity contribution is 7.09. The van der Waals surface area contributed by atoms with Gasteiger partial charge in [-0.15, -0.1) is 5.10 Å². The third-order valence-electron chi connectivity index (χ3n) is 2.72. The maximum Gasteiger partial charge on any atom is 0.335 e. The molecule has 0 saturated carbocycles. The van der Waals surface area contributed by atoms with E-state index in [1.807, 2.05) is 6.92 Å². The van der Waals surface area contributed by atoms with Gasteiger partial charge in [-0.3, -0.25) is 0 Å². The molecule has 0 unspecified atom stereocenters. The highest BCUT2D eigenvalue weighted by Crippen LogP contribution is 2.29. The number of benzene rings is 1. The first-order chi connectivity index (χ1) is 9.19. The van der Waals surface area contributed by atoms with E-state index in [1.54, 1.807) is 6.07 Å². The van der Waals surface area contributed by atoms with Crippen molar-refractivity contribution in [1.29, 1.82) is 0 Å². The molecule has 96 valence electrons. The van der Waals surface area contributed by atoms with Crippen LogP contribution >= 0.6 is 11.5 Å². The first kappa shape index (κ1) is 11.8. The molecule has 3 rings (SSSR count). The van der Waals surface area contributed by atoms with E-state index in [2.05, 4.69) is 14.6 Å². The number of rotatable bonds is 3. The van der Waals surface area contributed by atoms with E-state index in [1.165, 1.54) is 23.7 Å². The molecule has 6 nitrogen and oxygen atoms in total. The molecule has 2 heterocycles. The van der Waals surface area contributed by atoms with Gasteiger partial charge < -0.3 is 9.52 Å². The third kappa shape index (κ3) is 1.97. The van der Waals surface area contributed by atoms with Crippen LogP contribution in [0.2, 0.25) is 0 Å². The largest absolute Gasteiger partial charge is 0.478 e. The maximum absolute atomic E-state index is 10.9. The second kappa shape index (κ2) is 4.43. The summed E-state index contributed by atoms with van der Waals surface area (Å²) in [5.41, 5.74) is 2.07. The van der Waals surface area contributed by atoms with E-state index in [4.69, 9.17) is 9.52 Å². The molecule has 2 aromatic heterocycles. The van der Waals surface area contributed by atoms with Crippen molar-refractivity contribution in [3.63, 3.8) is 0 Å². The van der Waals surface area contributed by atoms with Gasteiger partial charge in [0.2, 0.25) is 5.89 Å². The number of oxazole rings is 1. The predicted molar refractivity (Wildman–Crippen MR) is 69.2 cm³/mol. The van der Waals surface area contributed by atoms with Gasteiger partial charge in [-0.1, -0.05) is 11.4 Å². The number of hydrogen-bond acceptors (Lipinski definition) is 6. The van der Waals surface area contributed by atoms with Crippen molar-refractivity contribution in [2.45, 2.75) is 13.3 Å². The second-order valence-electron chi connectivity index (χ2n) is 3.91. The molecule has 0 amide bonds. The highest BCUT2D eigenvalue weighted by atomic mass is 32.1. The SMILES string of the molecule is CCc1nnsc1-c1nc2ccc(C(=O)O)cc2o1. The van der Waals surface area contributed by atoms with Gasteiger partial charge in [0, 0.05) is 0 Å². The monoisotopic (exact) mass is 275 g/mol. The highest BCUT2D eigenvalue weighted by Gasteiger charge is 2.16. The van der Waals surface area contributed by atoms with Crippen molar-refractivity contribution in [3.8, 4) is 10.8 Å². The average Bonchev–Trinajstić information content (AvgIpc) is 3.03. The molecule has 0 atom stereocenters. The molecule has 3 aromatic rings. The van der Waals surface area contributed by atoms with Crippen LogP contribution in [0.1, 0.15) is 23.0 Å². The van der Waals surface area contributed by atoms with Gasteiger partial charge in [0.25, 0.3) is 0 Å². The van der Waals surface area contributed by atoms with Crippen molar-refractivity contribution < 1.29 is 14.3 Å². The van der Waals surface area contributed by atoms with E-state index in [0.717, 1.165) is 17.0 Å². The van der Waals surface area contributed by atoms with Crippen LogP contribution in [0.4, 0.5) is 0 Å². The van der Waals surface area contributed by atoms with Crippen LogP contribution in [-0.4, -0.2) is 25.6 Å². The van der Waals surface area contributed by atoms with Gasteiger partial charge in [0.1, 0.15) is 10.4 Å². The van der Waals surface area contributed by atoms with E-state index in [0.29, 0.717) is 17.0 Å². The molecule has 0 aliphatic carbocycles. The summed E-state index contributed by atoms with van der Waals surface area (Å²) in [7, 11) is 0. The van der Waals surface area contributed by atoms with Gasteiger partial charge in [-0.2, -0.15) is 0 Å². The minimum atomic E-state index is -0.992. The first-order valence-electron chi connectivity index (χ1n) is 5.64. The molecule has 0 radical (unpaired) electrons. The minimum Gasteiger partial charge on any atom is -0.478 e. The van der Waals surface area contributed by atoms with Crippen LogP contribution in [-0.2, 0) is 6.42 Å². The Morgan fingerprint density at radius 3 is 3.05 bits per heavy atom. The number of aryl methyl sites for hydroxylation is 1. The summed E-state index contributed by atoms with van der Waals surface area (Å²) < 4.78 is 9.48. The topological polar surface area (TPSA) is 89.1 Å². The van der Waals surface area contributed by atoms with Crippen molar-refractivity contribution >= 4 is 28.6 Å². The maximum atomic E-state index is 10.9. The van der Waals surface area contributed by atoms with Crippen molar-refractivity contribution in [3.05, 3.63) is 29.5 Å². The summed E-state index contributed by atoms with van der Waals surface area (Å²) in [6.07, 6.45) is 0.741. The molecule has 0 spiro atoms. The molecule has 1 aromatic carbocycles. The van der Waals surface area contributed by atoms with Crippen LogP contribution in [0.15, 0.2) is 22.6 Å². The van der Waals surface area contributed by atoms with Gasteiger partial charge in [0.15, 0.2) is 5.58 Å². The number of hydrogen-bond donors (Lipinski definition) is 1. The van der Waals surface area contributed by atoms with Crippen LogP contribution in [0.5, 0.6) is 0 Å². The molecule has 0 bridgehead atoms. The Bertz CT molecular complexity index is 763. The van der Waals surface area contributed by atoms with Crippen molar-refractivity contribution in [2.75, 3.05) is 0 Å². The molecular formula is C12H9N3O3S. The third-order valence-corrected chi connectivity index (χ3v) is 3.48. The van der Waals surface area contributed by atoms with Crippen molar-refractivity contribution in [1.82, 2.24) is 14.6 Å². The van der Waals surface area contributed by atoms with E-state index >= 15 is 0 Å². The van der Waals surface area contributed by atoms with Crippen molar-refractivity contribution in [2.24, 2.45) is 0 Å². The minimum absolute atomic E-state index is 0.174. The summed E-state index contributed by atoms with van der Waals surface area (Å²) in [4.78, 5) is 16.0. The Morgan fingerprint density at radius 1 is 1.47 bits per heavy atom. The van der Waals surface area contributed by atoms with Crippen LogP contribution in [0.25, 0.3) is 21.9 Å². The second-order valence-corrected chi connectivity index (χ2v) is 4.66. The average molecular weight is 275 g/mol. The van der Waals surface area contributed by atoms with Crippen LogP contribution in [0.3, 0.4) is 0 Å². The zero-order valence-corrected chi connectivity index (χ0v) is 10.8. The fraction of sp³-hybridized carbons (Fsp3) is 0.167. The Balaban J connectivity index is 2.14. The summed E-state index contributed by atoms with van der Waals surface area (Å²) in [6, 6.07) is 4.60. The summed E-state index contributed by atoms with van der Waals surface area (Å²) in [6.45, 7) is 1.98. The number of carboxylic acid groups (broad SMARTS) is 1. The van der Waals surface area contributed by atoms with Gasteiger partial charge >= 0.3 is 5.97 Å². The van der Waals surface area contributed by atoms with E-state index < -0.39 is 5.97 Å². The number of aromatic carboxylic acids is 1. The first-order valence-corrected chi connectivity index (χ1v) is 6.42. The Morgan fingerprint density at radius 2 is 2.32 bits per heavy atom. The smallest absolute Gasteiger partial charge is 0.335 e. The number of carboxylic acids is 1. The summed E-state index contributed by atoms with van der Waals surface area (Å²) in [5, 5.41) is 12.9. The number of nitrogens with zero attached hydrogens (tertiary/aromatic N) is 3. The lowest BCUT2D eigenvalue weighted by molar-refractivity contribution is 0.0697. The molecule has 0 aliphatic rings. The van der Waals surface area contributed by atoms with E-state index in [-0.39, 0.29) is 5.56 Å². The Hall–Kier alpha value is -2.28. The van der Waals surface area contributed by atoms with Gasteiger partial charge in [-0.25, -0.2) is 9.78 Å². The standard InChI is InChI=1S/C12H9N3O3S/c1-2-7-10(19-15-14-7)11-13-8-4-3-6(12(16)17)5-9(8)18-11/h3-5H,2H2,1H3,(H,16,17). The fourth-order valence-corrected chi connectivity index (χ4v) is 2.43. The molecule has 1 N–H and O–H groups in total. The van der Waals surface area contributed by atoms with Crippen LogP contribution in [0, 0.1) is 0 Å². The van der Waals surface area contributed by atoms with Crippen LogP contribution < -0.4 is 0 Å². The zero-order valence-electron chi connectivity index (χ0n) is 9.95. The molecule has 19 heavy (non-hydrogen) atoms. The molecule has 0 saturated heterocycles. The Labute approximate surface area is 111 Å². The lowest BCUT2D eigenvalue weighted by Crippen LogP contribution is -1.94. The Kier molecular flexibility index (Phi) is 2.75. The predicted octanol–water partition coefficient (Wildman–Crippen LogP) is 2.61.